The first-order valence-corrected chi connectivity index (χ1v) is 6.57. The third-order valence-corrected chi connectivity index (χ3v) is 3.29. The van der Waals surface area contributed by atoms with Crippen LogP contribution in [0, 0.1) is 5.82 Å². The molecular weight excluding hydrogens is 318 g/mol. The number of methoxy groups -OCH3 is 1. The van der Waals surface area contributed by atoms with Crippen molar-refractivity contribution in [3.63, 3.8) is 0 Å². The molecule has 0 radical (unpaired) electrons. The van der Waals surface area contributed by atoms with Gasteiger partial charge in [-0.2, -0.15) is 0 Å². The first-order valence-electron chi connectivity index (χ1n) is 5.81. The number of carbonyl (C=O) groups excluding carboxylic acids is 1. The maximum absolute atomic E-state index is 13.4. The van der Waals surface area contributed by atoms with E-state index in [2.05, 4.69) is 10.1 Å². The quantitative estimate of drug-likeness (QED) is 0.502. The number of nitrogens with one attached hydrogen (secondary N) is 1. The van der Waals surface area contributed by atoms with Crippen LogP contribution in [0.4, 0.5) is 21.5 Å². The number of esters is 1. The first-order chi connectivity index (χ1) is 9.92. The molecule has 0 heterocycles. The predicted octanol–water partition coefficient (Wildman–Crippen LogP) is 4.24. The molecule has 2 aromatic carbocycles. The fourth-order valence-electron chi connectivity index (χ4n) is 1.69. The highest BCUT2D eigenvalue weighted by atomic mass is 35.5. The minimum Gasteiger partial charge on any atom is -0.465 e. The highest BCUT2D eigenvalue weighted by Gasteiger charge is 2.11. The summed E-state index contributed by atoms with van der Waals surface area (Å²) in [6, 6.07) is 7.35. The van der Waals surface area contributed by atoms with E-state index in [1.807, 2.05) is 0 Å². The Labute approximate surface area is 130 Å². The van der Waals surface area contributed by atoms with Crippen LogP contribution in [-0.4, -0.2) is 13.1 Å². The second-order valence-electron chi connectivity index (χ2n) is 4.17. The third kappa shape index (κ3) is 3.37. The van der Waals surface area contributed by atoms with Gasteiger partial charge in [0.2, 0.25) is 0 Å². The van der Waals surface area contributed by atoms with Crippen molar-refractivity contribution >= 4 is 46.2 Å². The number of ether oxygens (including phenoxy) is 1. The van der Waals surface area contributed by atoms with E-state index >= 15 is 0 Å². The number of carbonyl (C=O) groups is 1. The zero-order valence-corrected chi connectivity index (χ0v) is 12.4. The van der Waals surface area contributed by atoms with Crippen LogP contribution in [0.2, 0.25) is 10.0 Å². The molecule has 0 aliphatic carbocycles. The Morgan fingerprint density at radius 3 is 2.43 bits per heavy atom. The van der Waals surface area contributed by atoms with Gasteiger partial charge in [0, 0.05) is 5.69 Å². The SMILES string of the molecule is COC(=O)c1ccc(N)c(Nc2cc(Cl)c(F)c(Cl)c2)c1. The molecule has 0 aliphatic heterocycles. The first kappa shape index (κ1) is 15.4. The Morgan fingerprint density at radius 2 is 1.86 bits per heavy atom. The van der Waals surface area contributed by atoms with Crippen molar-refractivity contribution in [3.8, 4) is 0 Å². The largest absolute Gasteiger partial charge is 0.465 e. The molecule has 0 atom stereocenters. The van der Waals surface area contributed by atoms with Crippen molar-refractivity contribution in [2.24, 2.45) is 0 Å². The molecular formula is C14H11Cl2FN2O2. The molecule has 2 rings (SSSR count). The van der Waals surface area contributed by atoms with Gasteiger partial charge >= 0.3 is 5.97 Å². The highest BCUT2D eigenvalue weighted by Crippen LogP contribution is 2.31. The van der Waals surface area contributed by atoms with E-state index in [9.17, 15) is 9.18 Å². The lowest BCUT2D eigenvalue weighted by Gasteiger charge is -2.12. The second kappa shape index (κ2) is 6.20. The molecule has 2 aromatic rings. The predicted molar refractivity (Wildman–Crippen MR) is 81.9 cm³/mol. The van der Waals surface area contributed by atoms with Crippen molar-refractivity contribution in [2.75, 3.05) is 18.2 Å². The van der Waals surface area contributed by atoms with Crippen LogP contribution >= 0.6 is 23.2 Å². The molecule has 7 heteroatoms. The number of hydrogen-bond acceptors (Lipinski definition) is 4. The summed E-state index contributed by atoms with van der Waals surface area (Å²) in [4.78, 5) is 11.5. The van der Waals surface area contributed by atoms with Gasteiger partial charge in [-0.1, -0.05) is 23.2 Å². The molecule has 0 unspecified atom stereocenters. The monoisotopic (exact) mass is 328 g/mol. The van der Waals surface area contributed by atoms with Crippen LogP contribution in [0.15, 0.2) is 30.3 Å². The molecule has 0 saturated carbocycles. The summed E-state index contributed by atoms with van der Waals surface area (Å²) >= 11 is 11.4. The van der Waals surface area contributed by atoms with Crippen LogP contribution in [0.1, 0.15) is 10.4 Å². The molecule has 0 aromatic heterocycles. The van der Waals surface area contributed by atoms with Crippen LogP contribution in [0.5, 0.6) is 0 Å². The molecule has 0 bridgehead atoms. The Kier molecular flexibility index (Phi) is 4.55. The molecule has 21 heavy (non-hydrogen) atoms. The number of anilines is 3. The number of rotatable bonds is 3. The number of halogens is 3. The zero-order chi connectivity index (χ0) is 15.6. The molecule has 4 nitrogen and oxygen atoms in total. The van der Waals surface area contributed by atoms with E-state index in [1.165, 1.54) is 31.4 Å². The normalized spacial score (nSPS) is 10.3. The number of hydrogen-bond donors (Lipinski definition) is 2. The summed E-state index contributed by atoms with van der Waals surface area (Å²) in [7, 11) is 1.28. The van der Waals surface area contributed by atoms with E-state index in [-0.39, 0.29) is 10.0 Å². The zero-order valence-electron chi connectivity index (χ0n) is 10.9. The second-order valence-corrected chi connectivity index (χ2v) is 4.99. The van der Waals surface area contributed by atoms with Crippen LogP contribution < -0.4 is 11.1 Å². The Balaban J connectivity index is 2.37. The van der Waals surface area contributed by atoms with Gasteiger partial charge in [0.05, 0.1) is 34.1 Å². The van der Waals surface area contributed by atoms with Crippen molar-refractivity contribution in [1.82, 2.24) is 0 Å². The van der Waals surface area contributed by atoms with E-state index in [0.717, 1.165) is 0 Å². The lowest BCUT2D eigenvalue weighted by atomic mass is 10.1. The van der Waals surface area contributed by atoms with Gasteiger partial charge in [0.25, 0.3) is 0 Å². The summed E-state index contributed by atoms with van der Waals surface area (Å²) in [5.41, 5.74) is 7.46. The summed E-state index contributed by atoms with van der Waals surface area (Å²) in [6.45, 7) is 0. The van der Waals surface area contributed by atoms with E-state index < -0.39 is 11.8 Å². The molecule has 110 valence electrons. The van der Waals surface area contributed by atoms with Crippen LogP contribution in [0.3, 0.4) is 0 Å². The van der Waals surface area contributed by atoms with Gasteiger partial charge in [-0.3, -0.25) is 0 Å². The Bertz CT molecular complexity index is 684. The van der Waals surface area contributed by atoms with Crippen LogP contribution in [-0.2, 0) is 4.74 Å². The lowest BCUT2D eigenvalue weighted by molar-refractivity contribution is 0.0601. The van der Waals surface area contributed by atoms with Crippen molar-refractivity contribution in [3.05, 3.63) is 51.8 Å². The molecule has 0 spiro atoms. The smallest absolute Gasteiger partial charge is 0.337 e. The van der Waals surface area contributed by atoms with Crippen LogP contribution in [0.25, 0.3) is 0 Å². The van der Waals surface area contributed by atoms with Gasteiger partial charge < -0.3 is 15.8 Å². The standard InChI is InChI=1S/C14H11Cl2FN2O2/c1-21-14(20)7-2-3-11(18)12(4-7)19-8-5-9(15)13(17)10(16)6-8/h2-6,19H,18H2,1H3. The Hall–Kier alpha value is -1.98. The number of benzene rings is 2. The van der Waals surface area contributed by atoms with Crippen molar-refractivity contribution in [2.45, 2.75) is 0 Å². The summed E-state index contributed by atoms with van der Waals surface area (Å²) in [5.74, 6) is -1.19. The topological polar surface area (TPSA) is 64.3 Å². The minimum atomic E-state index is -0.694. The Morgan fingerprint density at radius 1 is 1.24 bits per heavy atom. The van der Waals surface area contributed by atoms with Gasteiger partial charge in [-0.25, -0.2) is 9.18 Å². The van der Waals surface area contributed by atoms with E-state index in [0.29, 0.717) is 22.6 Å². The highest BCUT2D eigenvalue weighted by molar-refractivity contribution is 6.35. The lowest BCUT2D eigenvalue weighted by Crippen LogP contribution is -2.04. The fraction of sp³-hybridized carbons (Fsp3) is 0.0714. The van der Waals surface area contributed by atoms with E-state index in [1.54, 1.807) is 6.07 Å². The van der Waals surface area contributed by atoms with E-state index in [4.69, 9.17) is 28.9 Å². The average Bonchev–Trinajstić information content (AvgIpc) is 2.46. The van der Waals surface area contributed by atoms with Gasteiger partial charge in [0.1, 0.15) is 0 Å². The maximum atomic E-state index is 13.4. The maximum Gasteiger partial charge on any atom is 0.337 e. The molecule has 0 aliphatic rings. The summed E-state index contributed by atoms with van der Waals surface area (Å²) in [6.07, 6.45) is 0. The minimum absolute atomic E-state index is 0.118. The molecule has 0 amide bonds. The summed E-state index contributed by atoms with van der Waals surface area (Å²) in [5, 5.41) is 2.70. The third-order valence-electron chi connectivity index (χ3n) is 2.74. The van der Waals surface area contributed by atoms with Gasteiger partial charge in [-0.15, -0.1) is 0 Å². The molecule has 3 N–H and O–H groups in total. The van der Waals surface area contributed by atoms with Crippen molar-refractivity contribution < 1.29 is 13.9 Å². The van der Waals surface area contributed by atoms with Gasteiger partial charge in [0.15, 0.2) is 5.82 Å². The van der Waals surface area contributed by atoms with Crippen molar-refractivity contribution in [1.29, 1.82) is 0 Å². The average molecular weight is 329 g/mol. The number of nitrogen functional groups attached to an aromatic ring is 1. The number of nitrogens with two attached hydrogens (primary N) is 1. The fourth-order valence-corrected chi connectivity index (χ4v) is 2.18. The summed E-state index contributed by atoms with van der Waals surface area (Å²) < 4.78 is 18.0. The molecule has 0 fully saturated rings. The van der Waals surface area contributed by atoms with Gasteiger partial charge in [-0.05, 0) is 30.3 Å². The molecule has 0 saturated heterocycles.